The van der Waals surface area contributed by atoms with Gasteiger partial charge < -0.3 is 10.6 Å². The minimum absolute atomic E-state index is 0.0448. The first-order valence-corrected chi connectivity index (χ1v) is 8.29. The van der Waals surface area contributed by atoms with Crippen molar-refractivity contribution in [2.24, 2.45) is 11.7 Å². The average Bonchev–Trinajstić information content (AvgIpc) is 2.40. The van der Waals surface area contributed by atoms with E-state index in [2.05, 4.69) is 11.8 Å². The van der Waals surface area contributed by atoms with Gasteiger partial charge in [0.2, 0.25) is 0 Å². The lowest BCUT2D eigenvalue weighted by atomic mass is 9.85. The van der Waals surface area contributed by atoms with Crippen LogP contribution in [-0.4, -0.2) is 24.5 Å². The molecule has 0 amide bonds. The van der Waals surface area contributed by atoms with Crippen LogP contribution < -0.4 is 5.73 Å². The third kappa shape index (κ3) is 4.11. The molecule has 0 aromatic heterocycles. The van der Waals surface area contributed by atoms with Gasteiger partial charge in [-0.1, -0.05) is 48.7 Å². The highest BCUT2D eigenvalue weighted by Crippen LogP contribution is 2.31. The average molecular weight is 315 g/mol. The summed E-state index contributed by atoms with van der Waals surface area (Å²) in [4.78, 5) is 2.50. The van der Waals surface area contributed by atoms with Crippen molar-refractivity contribution in [1.29, 1.82) is 0 Å². The maximum atomic E-state index is 6.28. The van der Waals surface area contributed by atoms with Crippen molar-refractivity contribution in [1.82, 2.24) is 4.90 Å². The summed E-state index contributed by atoms with van der Waals surface area (Å²) in [5.41, 5.74) is 7.23. The van der Waals surface area contributed by atoms with Crippen LogP contribution in [0.25, 0.3) is 0 Å². The van der Waals surface area contributed by atoms with E-state index in [-0.39, 0.29) is 6.04 Å². The molecule has 0 bridgehead atoms. The predicted octanol–water partition coefficient (Wildman–Crippen LogP) is 4.51. The van der Waals surface area contributed by atoms with Crippen LogP contribution in [0.3, 0.4) is 0 Å². The highest BCUT2D eigenvalue weighted by molar-refractivity contribution is 6.42. The second-order valence-corrected chi connectivity index (χ2v) is 6.51. The van der Waals surface area contributed by atoms with Crippen molar-refractivity contribution in [2.45, 2.75) is 38.6 Å². The fraction of sp³-hybridized carbons (Fsp3) is 0.625. The molecule has 1 aliphatic rings. The van der Waals surface area contributed by atoms with E-state index in [0.717, 1.165) is 31.0 Å². The SMILES string of the molecule is CCN(CCC(N)c1cccc(Cl)c1Cl)CC1CCC1. The Bertz CT molecular complexity index is 432. The number of hydrogen-bond acceptors (Lipinski definition) is 2. The van der Waals surface area contributed by atoms with Crippen molar-refractivity contribution in [2.75, 3.05) is 19.6 Å². The first-order chi connectivity index (χ1) is 9.61. The van der Waals surface area contributed by atoms with Crippen LogP contribution in [0.1, 0.15) is 44.2 Å². The molecule has 112 valence electrons. The van der Waals surface area contributed by atoms with Crippen molar-refractivity contribution < 1.29 is 0 Å². The van der Waals surface area contributed by atoms with Crippen LogP contribution in [0.4, 0.5) is 0 Å². The molecule has 0 heterocycles. The summed E-state index contributed by atoms with van der Waals surface area (Å²) < 4.78 is 0. The van der Waals surface area contributed by atoms with Gasteiger partial charge in [-0.2, -0.15) is 0 Å². The highest BCUT2D eigenvalue weighted by Gasteiger charge is 2.20. The number of nitrogens with zero attached hydrogens (tertiary/aromatic N) is 1. The Balaban J connectivity index is 1.86. The zero-order valence-corrected chi connectivity index (χ0v) is 13.6. The molecule has 2 rings (SSSR count). The van der Waals surface area contributed by atoms with Crippen LogP contribution in [0.15, 0.2) is 18.2 Å². The van der Waals surface area contributed by atoms with Crippen LogP contribution >= 0.6 is 23.2 Å². The molecule has 1 unspecified atom stereocenters. The Morgan fingerprint density at radius 2 is 2.10 bits per heavy atom. The maximum Gasteiger partial charge on any atom is 0.0640 e. The first kappa shape index (κ1) is 16.1. The van der Waals surface area contributed by atoms with Crippen molar-refractivity contribution in [3.8, 4) is 0 Å². The number of halogens is 2. The predicted molar refractivity (Wildman–Crippen MR) is 87.5 cm³/mol. The molecule has 2 N–H and O–H groups in total. The van der Waals surface area contributed by atoms with Crippen LogP contribution in [0, 0.1) is 5.92 Å². The molecule has 1 aliphatic carbocycles. The lowest BCUT2D eigenvalue weighted by molar-refractivity contribution is 0.180. The van der Waals surface area contributed by atoms with E-state index >= 15 is 0 Å². The van der Waals surface area contributed by atoms with Gasteiger partial charge in [-0.3, -0.25) is 0 Å². The Labute approximate surface area is 132 Å². The molecule has 1 aromatic carbocycles. The number of rotatable bonds is 7. The fourth-order valence-corrected chi connectivity index (χ4v) is 3.15. The molecular formula is C16H24Cl2N2. The zero-order valence-electron chi connectivity index (χ0n) is 12.1. The molecule has 0 aliphatic heterocycles. The zero-order chi connectivity index (χ0) is 14.5. The summed E-state index contributed by atoms with van der Waals surface area (Å²) in [6, 6.07) is 5.64. The lowest BCUT2D eigenvalue weighted by Gasteiger charge is -2.32. The van der Waals surface area contributed by atoms with E-state index in [1.54, 1.807) is 6.07 Å². The highest BCUT2D eigenvalue weighted by atomic mass is 35.5. The molecule has 1 aromatic rings. The van der Waals surface area contributed by atoms with Gasteiger partial charge in [-0.15, -0.1) is 0 Å². The summed E-state index contributed by atoms with van der Waals surface area (Å²) in [5, 5.41) is 1.19. The smallest absolute Gasteiger partial charge is 0.0640 e. The second kappa shape index (κ2) is 7.65. The molecule has 0 saturated heterocycles. The largest absolute Gasteiger partial charge is 0.324 e. The van der Waals surface area contributed by atoms with Crippen LogP contribution in [-0.2, 0) is 0 Å². The number of nitrogens with two attached hydrogens (primary N) is 1. The molecule has 4 heteroatoms. The van der Waals surface area contributed by atoms with Crippen molar-refractivity contribution in [3.63, 3.8) is 0 Å². The van der Waals surface area contributed by atoms with Gasteiger partial charge >= 0.3 is 0 Å². The van der Waals surface area contributed by atoms with E-state index in [9.17, 15) is 0 Å². The summed E-state index contributed by atoms with van der Waals surface area (Å²) in [5.74, 6) is 0.904. The Morgan fingerprint density at radius 1 is 1.35 bits per heavy atom. The van der Waals surface area contributed by atoms with Gasteiger partial charge in [0.25, 0.3) is 0 Å². The molecule has 20 heavy (non-hydrogen) atoms. The molecule has 0 spiro atoms. The monoisotopic (exact) mass is 314 g/mol. The van der Waals surface area contributed by atoms with Gasteiger partial charge in [-0.05, 0) is 49.9 Å². The van der Waals surface area contributed by atoms with Gasteiger partial charge in [0, 0.05) is 12.6 Å². The Hall–Kier alpha value is -0.280. The normalized spacial score (nSPS) is 17.2. The quantitative estimate of drug-likeness (QED) is 0.802. The third-order valence-electron chi connectivity index (χ3n) is 4.33. The van der Waals surface area contributed by atoms with Gasteiger partial charge in [0.1, 0.15) is 0 Å². The molecule has 0 radical (unpaired) electrons. The standard InChI is InChI=1S/C16H24Cl2N2/c1-2-20(11-12-5-3-6-12)10-9-15(19)13-7-4-8-14(17)16(13)18/h4,7-8,12,15H,2-3,5-6,9-11,19H2,1H3. The first-order valence-electron chi connectivity index (χ1n) is 7.53. The summed E-state index contributed by atoms with van der Waals surface area (Å²) in [6.07, 6.45) is 5.10. The summed E-state index contributed by atoms with van der Waals surface area (Å²) in [6.45, 7) is 5.55. The van der Waals surface area contributed by atoms with Crippen molar-refractivity contribution in [3.05, 3.63) is 33.8 Å². The van der Waals surface area contributed by atoms with Crippen LogP contribution in [0.5, 0.6) is 0 Å². The molecule has 1 fully saturated rings. The fourth-order valence-electron chi connectivity index (χ4n) is 2.70. The Kier molecular flexibility index (Phi) is 6.16. The van der Waals surface area contributed by atoms with E-state index in [1.165, 1.54) is 25.8 Å². The topological polar surface area (TPSA) is 29.3 Å². The van der Waals surface area contributed by atoms with Gasteiger partial charge in [-0.25, -0.2) is 0 Å². The second-order valence-electron chi connectivity index (χ2n) is 5.73. The minimum Gasteiger partial charge on any atom is -0.324 e. The van der Waals surface area contributed by atoms with Crippen molar-refractivity contribution >= 4 is 23.2 Å². The number of benzene rings is 1. The van der Waals surface area contributed by atoms with E-state index < -0.39 is 0 Å². The molecule has 2 nitrogen and oxygen atoms in total. The lowest BCUT2D eigenvalue weighted by Crippen LogP contribution is -2.34. The summed E-state index contributed by atoms with van der Waals surface area (Å²) in [7, 11) is 0. The van der Waals surface area contributed by atoms with E-state index in [0.29, 0.717) is 10.0 Å². The van der Waals surface area contributed by atoms with E-state index in [1.807, 2.05) is 12.1 Å². The van der Waals surface area contributed by atoms with E-state index in [4.69, 9.17) is 28.9 Å². The molecule has 1 atom stereocenters. The number of hydrogen-bond donors (Lipinski definition) is 1. The van der Waals surface area contributed by atoms with Crippen LogP contribution in [0.2, 0.25) is 10.0 Å². The Morgan fingerprint density at radius 3 is 2.70 bits per heavy atom. The molecule has 1 saturated carbocycles. The minimum atomic E-state index is -0.0448. The summed E-state index contributed by atoms with van der Waals surface area (Å²) >= 11 is 12.3. The van der Waals surface area contributed by atoms with Gasteiger partial charge in [0.15, 0.2) is 0 Å². The third-order valence-corrected chi connectivity index (χ3v) is 5.16. The maximum absolute atomic E-state index is 6.28. The molecular weight excluding hydrogens is 291 g/mol. The van der Waals surface area contributed by atoms with Gasteiger partial charge in [0.05, 0.1) is 10.0 Å².